The molecule has 1 N–H and O–H groups in total. The van der Waals surface area contributed by atoms with E-state index in [-0.39, 0.29) is 29.6 Å². The van der Waals surface area contributed by atoms with Crippen LogP contribution in [0.2, 0.25) is 0 Å². The zero-order chi connectivity index (χ0) is 23.4. The number of aromatic nitrogens is 3. The predicted molar refractivity (Wildman–Crippen MR) is 124 cm³/mol. The summed E-state index contributed by atoms with van der Waals surface area (Å²) >= 11 is 0. The third kappa shape index (κ3) is 4.69. The first-order valence-corrected chi connectivity index (χ1v) is 10.9. The summed E-state index contributed by atoms with van der Waals surface area (Å²) in [6.45, 7) is 0.817. The van der Waals surface area contributed by atoms with Gasteiger partial charge in [0.25, 0.3) is 11.5 Å². The summed E-state index contributed by atoms with van der Waals surface area (Å²) in [6.07, 6.45) is 5.42. The third-order valence-electron chi connectivity index (χ3n) is 6.14. The number of likely N-dealkylation sites (tertiary alicyclic amines) is 1. The van der Waals surface area contributed by atoms with E-state index < -0.39 is 5.41 Å². The average molecular weight is 446 g/mol. The molecule has 0 unspecified atom stereocenters. The molecule has 1 aromatic carbocycles. The standard InChI is InChI=1S/C25H27N5O3/c1-29(2)24(33)25(15-18-7-3-4-9-20(18)19-8-5-13-26-16-19)12-6-14-30(17-25)23(32)21-10-11-22(31)28-27-21/h3-5,7-11,13,16H,6,12,14-15,17H2,1-2H3,(H,28,31)/t25-/m1/s1. The molecule has 8 heteroatoms. The van der Waals surface area contributed by atoms with Crippen molar-refractivity contribution >= 4 is 11.8 Å². The van der Waals surface area contributed by atoms with E-state index in [1.165, 1.54) is 12.1 Å². The van der Waals surface area contributed by atoms with Crippen molar-refractivity contribution in [3.8, 4) is 11.1 Å². The Kier molecular flexibility index (Phi) is 6.35. The molecule has 8 nitrogen and oxygen atoms in total. The summed E-state index contributed by atoms with van der Waals surface area (Å²) in [5, 5.41) is 6.20. The molecule has 2 aromatic heterocycles. The first-order valence-electron chi connectivity index (χ1n) is 10.9. The van der Waals surface area contributed by atoms with Crippen LogP contribution in [-0.2, 0) is 11.2 Å². The van der Waals surface area contributed by atoms with Gasteiger partial charge in [-0.25, -0.2) is 5.10 Å². The molecule has 1 atom stereocenters. The van der Waals surface area contributed by atoms with Crippen molar-refractivity contribution in [3.63, 3.8) is 0 Å². The van der Waals surface area contributed by atoms with Crippen LogP contribution in [0.25, 0.3) is 11.1 Å². The van der Waals surface area contributed by atoms with Crippen LogP contribution in [0.4, 0.5) is 0 Å². The summed E-state index contributed by atoms with van der Waals surface area (Å²) in [7, 11) is 3.50. The maximum absolute atomic E-state index is 13.5. The molecule has 33 heavy (non-hydrogen) atoms. The number of rotatable bonds is 5. The monoisotopic (exact) mass is 445 g/mol. The number of hydrogen-bond donors (Lipinski definition) is 1. The van der Waals surface area contributed by atoms with Crippen molar-refractivity contribution in [1.29, 1.82) is 0 Å². The van der Waals surface area contributed by atoms with Gasteiger partial charge in [0, 0.05) is 51.2 Å². The van der Waals surface area contributed by atoms with Gasteiger partial charge >= 0.3 is 0 Å². The number of piperidine rings is 1. The fourth-order valence-electron chi connectivity index (χ4n) is 4.64. The van der Waals surface area contributed by atoms with Crippen LogP contribution in [0.15, 0.2) is 65.7 Å². The molecule has 2 amide bonds. The molecule has 0 spiro atoms. The lowest BCUT2D eigenvalue weighted by Gasteiger charge is -2.43. The lowest BCUT2D eigenvalue weighted by molar-refractivity contribution is -0.142. The number of hydrogen-bond acceptors (Lipinski definition) is 5. The van der Waals surface area contributed by atoms with Crippen molar-refractivity contribution in [1.82, 2.24) is 25.0 Å². The molecule has 1 fully saturated rings. The Labute approximate surface area is 192 Å². The van der Waals surface area contributed by atoms with Crippen molar-refractivity contribution < 1.29 is 9.59 Å². The zero-order valence-electron chi connectivity index (χ0n) is 18.8. The van der Waals surface area contributed by atoms with Gasteiger partial charge in [-0.3, -0.25) is 19.4 Å². The van der Waals surface area contributed by atoms with E-state index in [1.807, 2.05) is 42.6 Å². The Morgan fingerprint density at radius 3 is 2.64 bits per heavy atom. The Morgan fingerprint density at radius 1 is 1.12 bits per heavy atom. The summed E-state index contributed by atoms with van der Waals surface area (Å²) in [5.41, 5.74) is 2.09. The van der Waals surface area contributed by atoms with Crippen molar-refractivity contribution in [3.05, 3.63) is 82.5 Å². The molecule has 3 heterocycles. The number of carbonyl (C=O) groups excluding carboxylic acids is 2. The van der Waals surface area contributed by atoms with Gasteiger partial charge in [-0.2, -0.15) is 5.10 Å². The van der Waals surface area contributed by atoms with E-state index in [0.29, 0.717) is 25.8 Å². The highest BCUT2D eigenvalue weighted by atomic mass is 16.2. The summed E-state index contributed by atoms with van der Waals surface area (Å²) in [6, 6.07) is 14.6. The maximum Gasteiger partial charge on any atom is 0.274 e. The number of nitrogens with zero attached hydrogens (tertiary/aromatic N) is 4. The molecule has 0 bridgehead atoms. The highest BCUT2D eigenvalue weighted by Crippen LogP contribution is 2.38. The highest BCUT2D eigenvalue weighted by Gasteiger charge is 2.45. The quantitative estimate of drug-likeness (QED) is 0.650. The minimum Gasteiger partial charge on any atom is -0.348 e. The maximum atomic E-state index is 13.5. The van der Waals surface area contributed by atoms with Crippen LogP contribution in [-0.4, -0.2) is 64.0 Å². The first-order chi connectivity index (χ1) is 15.9. The SMILES string of the molecule is CN(C)C(=O)[C@@]1(Cc2ccccc2-c2cccnc2)CCCN(C(=O)c2ccc(=O)[nH]n2)C1. The average Bonchev–Trinajstić information content (AvgIpc) is 2.84. The molecule has 0 aliphatic carbocycles. The molecule has 170 valence electrons. The summed E-state index contributed by atoms with van der Waals surface area (Å²) in [5.74, 6) is -0.294. The lowest BCUT2D eigenvalue weighted by Crippen LogP contribution is -2.54. The Morgan fingerprint density at radius 2 is 1.94 bits per heavy atom. The van der Waals surface area contributed by atoms with Gasteiger partial charge in [-0.15, -0.1) is 0 Å². The summed E-state index contributed by atoms with van der Waals surface area (Å²) < 4.78 is 0. The number of amides is 2. The zero-order valence-corrected chi connectivity index (χ0v) is 18.8. The molecule has 3 aromatic rings. The van der Waals surface area contributed by atoms with Crippen LogP contribution in [0, 0.1) is 5.41 Å². The minimum atomic E-state index is -0.766. The molecule has 0 saturated carbocycles. The van der Waals surface area contributed by atoms with Crippen LogP contribution < -0.4 is 5.56 Å². The molecule has 0 radical (unpaired) electrons. The van der Waals surface area contributed by atoms with E-state index in [1.54, 1.807) is 30.1 Å². The third-order valence-corrected chi connectivity index (χ3v) is 6.14. The number of aromatic amines is 1. The number of nitrogens with one attached hydrogen (secondary N) is 1. The Balaban J connectivity index is 1.69. The van der Waals surface area contributed by atoms with Gasteiger partial charge in [0.2, 0.25) is 5.91 Å². The minimum absolute atomic E-state index is 0.00424. The van der Waals surface area contributed by atoms with Crippen molar-refractivity contribution in [2.75, 3.05) is 27.2 Å². The predicted octanol–water partition coefficient (Wildman–Crippen LogP) is 2.39. The van der Waals surface area contributed by atoms with Crippen LogP contribution in [0.1, 0.15) is 28.9 Å². The lowest BCUT2D eigenvalue weighted by atomic mass is 9.73. The molecular formula is C25H27N5O3. The van der Waals surface area contributed by atoms with E-state index in [9.17, 15) is 14.4 Å². The van der Waals surface area contributed by atoms with E-state index >= 15 is 0 Å². The summed E-state index contributed by atoms with van der Waals surface area (Å²) in [4.78, 5) is 45.5. The van der Waals surface area contributed by atoms with Gasteiger partial charge < -0.3 is 9.80 Å². The highest BCUT2D eigenvalue weighted by molar-refractivity contribution is 5.93. The van der Waals surface area contributed by atoms with Crippen LogP contribution in [0.3, 0.4) is 0 Å². The number of pyridine rings is 1. The van der Waals surface area contributed by atoms with E-state index in [4.69, 9.17) is 0 Å². The molecule has 1 saturated heterocycles. The van der Waals surface area contributed by atoms with Gasteiger partial charge in [0.05, 0.1) is 5.41 Å². The normalized spacial score (nSPS) is 18.1. The fourth-order valence-corrected chi connectivity index (χ4v) is 4.64. The van der Waals surface area contributed by atoms with E-state index in [0.717, 1.165) is 16.7 Å². The molecule has 1 aliphatic heterocycles. The molecule has 4 rings (SSSR count). The molecule has 1 aliphatic rings. The smallest absolute Gasteiger partial charge is 0.274 e. The topological polar surface area (TPSA) is 99.3 Å². The second kappa shape index (κ2) is 9.36. The van der Waals surface area contributed by atoms with E-state index in [2.05, 4.69) is 15.2 Å². The Bertz CT molecular complexity index is 1190. The van der Waals surface area contributed by atoms with Gasteiger partial charge in [0.1, 0.15) is 5.69 Å². The second-order valence-corrected chi connectivity index (χ2v) is 8.69. The van der Waals surface area contributed by atoms with Crippen molar-refractivity contribution in [2.45, 2.75) is 19.3 Å². The fraction of sp³-hybridized carbons (Fsp3) is 0.320. The van der Waals surface area contributed by atoms with Crippen molar-refractivity contribution in [2.24, 2.45) is 5.41 Å². The molecular weight excluding hydrogens is 418 g/mol. The number of carbonyl (C=O) groups is 2. The van der Waals surface area contributed by atoms with Gasteiger partial charge in [-0.1, -0.05) is 30.3 Å². The largest absolute Gasteiger partial charge is 0.348 e. The van der Waals surface area contributed by atoms with Gasteiger partial charge in [-0.05, 0) is 42.5 Å². The first kappa shape index (κ1) is 22.4. The number of H-pyrrole nitrogens is 1. The Hall–Kier alpha value is -3.81. The second-order valence-electron chi connectivity index (χ2n) is 8.69. The van der Waals surface area contributed by atoms with Crippen LogP contribution in [0.5, 0.6) is 0 Å². The van der Waals surface area contributed by atoms with Gasteiger partial charge in [0.15, 0.2) is 0 Å². The van der Waals surface area contributed by atoms with Crippen LogP contribution >= 0.6 is 0 Å². The number of benzene rings is 1.